The fraction of sp³-hybridized carbons (Fsp3) is 0.519. The van der Waals surface area contributed by atoms with Crippen molar-refractivity contribution in [2.45, 2.75) is 106 Å². The maximum absolute atomic E-state index is 15.7. The number of halogens is 3. The van der Waals surface area contributed by atoms with Crippen LogP contribution in [0.5, 0.6) is 5.75 Å². The number of H-pyrrole nitrogens is 1. The molecule has 378 valence electrons. The molecule has 5 aliphatic heterocycles. The molecule has 71 heavy (non-hydrogen) atoms. The van der Waals surface area contributed by atoms with Gasteiger partial charge in [0.1, 0.15) is 11.2 Å². The van der Waals surface area contributed by atoms with Crippen LogP contribution < -0.4 is 15.0 Å². The van der Waals surface area contributed by atoms with Gasteiger partial charge < -0.3 is 44.2 Å². The molecule has 1 aromatic heterocycles. The van der Waals surface area contributed by atoms with E-state index in [1.807, 2.05) is 74.3 Å². The number of piperidine rings is 1. The maximum atomic E-state index is 15.7. The van der Waals surface area contributed by atoms with Crippen LogP contribution in [0, 0.1) is 11.3 Å². The molecule has 17 heteroatoms. The van der Waals surface area contributed by atoms with Gasteiger partial charge in [-0.25, -0.2) is 4.79 Å². The number of fused-ring (bicyclic) bond motifs is 6. The number of likely N-dealkylation sites (N-methyl/N-ethyl adjacent to an activating group) is 1. The van der Waals surface area contributed by atoms with Gasteiger partial charge in [0.15, 0.2) is 6.10 Å². The summed E-state index contributed by atoms with van der Waals surface area (Å²) in [4.78, 5) is 67.7. The summed E-state index contributed by atoms with van der Waals surface area (Å²) in [5, 5.41) is 17.6. The van der Waals surface area contributed by atoms with Crippen molar-refractivity contribution < 1.29 is 56.4 Å². The number of rotatable bonds is 9. The van der Waals surface area contributed by atoms with E-state index in [4.69, 9.17) is 18.9 Å². The summed E-state index contributed by atoms with van der Waals surface area (Å²) in [6.07, 6.45) is 0.413. The van der Waals surface area contributed by atoms with Gasteiger partial charge in [0.25, 0.3) is 5.91 Å². The average Bonchev–Trinajstić information content (AvgIpc) is 4.02. The van der Waals surface area contributed by atoms with Crippen LogP contribution in [0.4, 0.5) is 18.9 Å². The topological polar surface area (TPSA) is 163 Å². The predicted octanol–water partition coefficient (Wildman–Crippen LogP) is 6.45. The van der Waals surface area contributed by atoms with E-state index in [0.717, 1.165) is 34.2 Å². The number of benzene rings is 3. The molecule has 6 heterocycles. The quantitative estimate of drug-likeness (QED) is 0.0957. The highest BCUT2D eigenvalue weighted by Crippen LogP contribution is 2.68. The molecule has 10 atom stereocenters. The second-order valence-electron chi connectivity index (χ2n) is 20.8. The van der Waals surface area contributed by atoms with Crippen molar-refractivity contribution in [3.8, 4) is 5.75 Å². The lowest BCUT2D eigenvalue weighted by Crippen LogP contribution is -2.81. The van der Waals surface area contributed by atoms with Gasteiger partial charge in [-0.15, -0.1) is 0 Å². The number of para-hydroxylation sites is 1. The van der Waals surface area contributed by atoms with Crippen molar-refractivity contribution in [1.29, 1.82) is 0 Å². The SMILES string of the molecule is CC[C@]1(NC(=O)c2cccc(C(F)(F)F)c2)C[C@H]2CN(CCc3c([nH]c4ccccc34)[C@@](C(=O)OC)(c3cc4c(cc3OC)N(C)[C@H]3[C@@](O)(C(=O)OC)[C@H](OC(C)=O)[C@]5(CC)C=CCN6CC[C@]43[C@@H]65)C2)C1. The molecule has 1 amide bonds. The first-order valence-electron chi connectivity index (χ1n) is 24.6. The summed E-state index contributed by atoms with van der Waals surface area (Å²) in [5.74, 6) is -2.72. The van der Waals surface area contributed by atoms with E-state index < -0.39 is 81.1 Å². The van der Waals surface area contributed by atoms with E-state index in [2.05, 4.69) is 20.1 Å². The molecule has 2 saturated heterocycles. The summed E-state index contributed by atoms with van der Waals surface area (Å²) in [5.41, 5.74) is -3.70. The number of hydrogen-bond donors (Lipinski definition) is 3. The fourth-order valence-corrected chi connectivity index (χ4v) is 14.9. The van der Waals surface area contributed by atoms with E-state index in [9.17, 15) is 32.7 Å². The molecule has 3 aromatic carbocycles. The van der Waals surface area contributed by atoms with Crippen LogP contribution in [0.1, 0.15) is 91.2 Å². The molecule has 2 bridgehead atoms. The van der Waals surface area contributed by atoms with E-state index in [0.29, 0.717) is 87.5 Å². The minimum absolute atomic E-state index is 0.103. The lowest BCUT2D eigenvalue weighted by Gasteiger charge is -2.63. The monoisotopic (exact) mass is 981 g/mol. The third-order valence-corrected chi connectivity index (χ3v) is 17.5. The maximum Gasteiger partial charge on any atom is 0.416 e. The summed E-state index contributed by atoms with van der Waals surface area (Å²) < 4.78 is 65.7. The average molecular weight is 982 g/mol. The van der Waals surface area contributed by atoms with Crippen molar-refractivity contribution in [3.63, 3.8) is 0 Å². The Balaban J connectivity index is 1.20. The van der Waals surface area contributed by atoms with Crippen LogP contribution in [0.3, 0.4) is 0 Å². The lowest BCUT2D eigenvalue weighted by atomic mass is 9.47. The van der Waals surface area contributed by atoms with Gasteiger partial charge in [0.05, 0.1) is 38.5 Å². The molecular weight excluding hydrogens is 920 g/mol. The Labute approximate surface area is 410 Å². The molecule has 1 spiro atoms. The number of anilines is 1. The Morgan fingerprint density at radius 3 is 2.37 bits per heavy atom. The van der Waals surface area contributed by atoms with Gasteiger partial charge in [0, 0.05) is 96.5 Å². The van der Waals surface area contributed by atoms with Gasteiger partial charge in [-0.2, -0.15) is 13.2 Å². The number of aromatic amines is 1. The number of nitrogens with one attached hydrogen (secondary N) is 2. The highest BCUT2D eigenvalue weighted by molar-refractivity contribution is 5.96. The molecule has 1 aliphatic carbocycles. The molecule has 3 N–H and O–H groups in total. The number of methoxy groups -OCH3 is 3. The standard InChI is InChI=1S/C54H62F3N5O9/c1-8-49(59-43(64)33-14-12-15-34(24-33)54(55,56)57)27-32-28-52(47(65)69-6,42-36(18-22-61(29-32)30-49)35-16-10-11-17-39(35)58-42)38-25-37-40(26-41(38)68-5)60(4)45-51(37)20-23-62-21-13-19-50(9-2,44(51)62)46(71-31(3)63)53(45,67)48(66)70-7/h10-17,19,24-26,32,44-46,58,67H,8-9,18,20-23,27-30H2,1-7H3,(H,59,64)/t32-,44+,45-,46-,49+,50-,51-,52+,53+/m1/s1. The summed E-state index contributed by atoms with van der Waals surface area (Å²) >= 11 is 0. The Hall–Kier alpha value is -5.91. The third-order valence-electron chi connectivity index (χ3n) is 17.5. The van der Waals surface area contributed by atoms with Crippen molar-refractivity contribution in [2.75, 3.05) is 66.0 Å². The van der Waals surface area contributed by atoms with Gasteiger partial charge >= 0.3 is 24.1 Å². The highest BCUT2D eigenvalue weighted by Gasteiger charge is 2.80. The van der Waals surface area contributed by atoms with Crippen LogP contribution in [-0.4, -0.2) is 134 Å². The Kier molecular flexibility index (Phi) is 11.7. The van der Waals surface area contributed by atoms with Crippen LogP contribution in [0.15, 0.2) is 72.8 Å². The largest absolute Gasteiger partial charge is 0.496 e. The van der Waals surface area contributed by atoms with Crippen molar-refractivity contribution >= 4 is 40.4 Å². The zero-order valence-corrected chi connectivity index (χ0v) is 41.2. The van der Waals surface area contributed by atoms with Gasteiger partial charge in [-0.1, -0.05) is 50.3 Å². The molecule has 1 unspecified atom stereocenters. The van der Waals surface area contributed by atoms with Gasteiger partial charge in [-0.3, -0.25) is 19.3 Å². The van der Waals surface area contributed by atoms with Crippen molar-refractivity contribution in [1.82, 2.24) is 20.1 Å². The molecule has 6 aliphatic rings. The van der Waals surface area contributed by atoms with Crippen LogP contribution in [0.25, 0.3) is 10.9 Å². The Morgan fingerprint density at radius 2 is 1.68 bits per heavy atom. The lowest BCUT2D eigenvalue weighted by molar-refractivity contribution is -0.228. The number of nitrogens with zero attached hydrogens (tertiary/aromatic N) is 3. The molecular formula is C54H62F3N5O9. The molecule has 3 fully saturated rings. The minimum atomic E-state index is -4.64. The molecule has 4 aromatic rings. The molecule has 1 saturated carbocycles. The van der Waals surface area contributed by atoms with Crippen LogP contribution in [0.2, 0.25) is 0 Å². The van der Waals surface area contributed by atoms with Crippen LogP contribution in [-0.2, 0) is 52.0 Å². The van der Waals surface area contributed by atoms with Gasteiger partial charge in [0.2, 0.25) is 5.60 Å². The number of aromatic nitrogens is 1. The smallest absolute Gasteiger partial charge is 0.416 e. The summed E-state index contributed by atoms with van der Waals surface area (Å²) in [6.45, 7) is 7.88. The highest BCUT2D eigenvalue weighted by atomic mass is 19.4. The number of alkyl halides is 3. The Morgan fingerprint density at radius 1 is 0.915 bits per heavy atom. The number of carbonyl (C=O) groups excluding carboxylic acids is 4. The number of amides is 1. The van der Waals surface area contributed by atoms with E-state index in [1.165, 1.54) is 33.3 Å². The van der Waals surface area contributed by atoms with Crippen molar-refractivity contribution in [3.05, 3.63) is 106 Å². The molecule has 14 nitrogen and oxygen atoms in total. The first-order chi connectivity index (χ1) is 33.8. The summed E-state index contributed by atoms with van der Waals surface area (Å²) in [7, 11) is 5.94. The van der Waals surface area contributed by atoms with E-state index in [1.54, 1.807) is 7.11 Å². The number of aliphatic hydroxyl groups is 1. The fourth-order valence-electron chi connectivity index (χ4n) is 14.9. The number of ether oxygens (including phenoxy) is 4. The van der Waals surface area contributed by atoms with E-state index >= 15 is 4.79 Å². The van der Waals surface area contributed by atoms with Crippen molar-refractivity contribution in [2.24, 2.45) is 11.3 Å². The number of carbonyl (C=O) groups is 4. The number of hydrogen-bond acceptors (Lipinski definition) is 12. The minimum Gasteiger partial charge on any atom is -0.496 e. The first kappa shape index (κ1) is 48.7. The molecule has 10 rings (SSSR count). The second-order valence-corrected chi connectivity index (χ2v) is 20.8. The predicted molar refractivity (Wildman–Crippen MR) is 257 cm³/mol. The van der Waals surface area contributed by atoms with E-state index in [-0.39, 0.29) is 17.9 Å². The van der Waals surface area contributed by atoms with Crippen LogP contribution >= 0.6 is 0 Å². The second kappa shape index (κ2) is 17.1. The zero-order valence-electron chi connectivity index (χ0n) is 41.2. The molecule has 0 radical (unpaired) electrons. The normalized spacial score (nSPS) is 32.8. The Bertz CT molecular complexity index is 2870. The number of esters is 3. The summed E-state index contributed by atoms with van der Waals surface area (Å²) in [6, 6.07) is 14.8. The first-order valence-corrected chi connectivity index (χ1v) is 24.6. The zero-order chi connectivity index (χ0) is 50.6. The van der Waals surface area contributed by atoms with Gasteiger partial charge in [-0.05, 0) is 92.4 Å². The third kappa shape index (κ3) is 6.91.